The highest BCUT2D eigenvalue weighted by Crippen LogP contribution is 2.28. The Hall–Kier alpha value is -2.59. The monoisotopic (exact) mass is 314 g/mol. The average molecular weight is 315 g/mol. The molecule has 1 heterocycles. The summed E-state index contributed by atoms with van der Waals surface area (Å²) >= 11 is 5.84. The van der Waals surface area contributed by atoms with Gasteiger partial charge in [-0.3, -0.25) is 4.79 Å². The molecule has 1 aromatic heterocycles. The third kappa shape index (κ3) is 2.27. The first-order valence-corrected chi connectivity index (χ1v) is 6.92. The van der Waals surface area contributed by atoms with Crippen LogP contribution in [0.5, 0.6) is 0 Å². The van der Waals surface area contributed by atoms with Crippen LogP contribution in [0.25, 0.3) is 22.3 Å². The second kappa shape index (κ2) is 5.31. The van der Waals surface area contributed by atoms with Gasteiger partial charge in [0.25, 0.3) is 0 Å². The number of rotatable bonds is 2. The summed E-state index contributed by atoms with van der Waals surface area (Å²) in [5, 5.41) is 10.2. The summed E-state index contributed by atoms with van der Waals surface area (Å²) in [6, 6.07) is 11.5. The van der Waals surface area contributed by atoms with Crippen LogP contribution in [-0.4, -0.2) is 11.1 Å². The molecule has 0 aliphatic carbocycles. The minimum Gasteiger partial charge on any atom is -0.477 e. The summed E-state index contributed by atoms with van der Waals surface area (Å²) < 4.78 is 5.77. The molecule has 0 aliphatic heterocycles. The zero-order chi connectivity index (χ0) is 15.9. The number of para-hydroxylation sites is 1. The second-order valence-corrected chi connectivity index (χ2v) is 5.34. The van der Waals surface area contributed by atoms with E-state index >= 15 is 0 Å². The lowest BCUT2D eigenvalue weighted by atomic mass is 10.0. The van der Waals surface area contributed by atoms with Gasteiger partial charge >= 0.3 is 5.97 Å². The summed E-state index contributed by atoms with van der Waals surface area (Å²) in [6.45, 7) is 1.80. The molecular formula is C17H11ClO4. The minimum absolute atomic E-state index is 0.0379. The fourth-order valence-corrected chi connectivity index (χ4v) is 2.48. The van der Waals surface area contributed by atoms with E-state index < -0.39 is 11.4 Å². The normalized spacial score (nSPS) is 10.8. The van der Waals surface area contributed by atoms with Crippen LogP contribution in [0.1, 0.15) is 15.9 Å². The van der Waals surface area contributed by atoms with Gasteiger partial charge in [-0.15, -0.1) is 0 Å². The molecule has 3 rings (SSSR count). The first-order valence-electron chi connectivity index (χ1n) is 6.54. The highest BCUT2D eigenvalue weighted by molar-refractivity contribution is 6.30. The summed E-state index contributed by atoms with van der Waals surface area (Å²) in [7, 11) is 0. The van der Waals surface area contributed by atoms with Crippen LogP contribution in [0, 0.1) is 6.92 Å². The number of aromatic carboxylic acids is 1. The van der Waals surface area contributed by atoms with E-state index in [1.807, 2.05) is 0 Å². The van der Waals surface area contributed by atoms with Gasteiger partial charge in [0, 0.05) is 10.6 Å². The van der Waals surface area contributed by atoms with Crippen LogP contribution in [0.4, 0.5) is 0 Å². The van der Waals surface area contributed by atoms with Gasteiger partial charge in [-0.2, -0.15) is 0 Å². The Morgan fingerprint density at radius 2 is 1.82 bits per heavy atom. The smallest absolute Gasteiger partial charge is 0.343 e. The Morgan fingerprint density at radius 1 is 1.14 bits per heavy atom. The van der Waals surface area contributed by atoms with Crippen LogP contribution in [0.3, 0.4) is 0 Å². The van der Waals surface area contributed by atoms with Crippen LogP contribution >= 0.6 is 11.6 Å². The van der Waals surface area contributed by atoms with Crippen molar-refractivity contribution in [3.8, 4) is 11.3 Å². The van der Waals surface area contributed by atoms with Crippen molar-refractivity contribution in [2.24, 2.45) is 0 Å². The summed E-state index contributed by atoms with van der Waals surface area (Å²) in [4.78, 5) is 24.0. The van der Waals surface area contributed by atoms with Crippen molar-refractivity contribution in [2.45, 2.75) is 6.92 Å². The molecule has 0 aliphatic rings. The Labute approximate surface area is 130 Å². The highest BCUT2D eigenvalue weighted by atomic mass is 35.5. The standard InChI is InChI=1S/C17H11ClO4/c1-9-3-2-4-12-14(19)13(17(20)21)16(22-15(9)12)10-5-7-11(18)8-6-10/h2-8H,1H3,(H,20,21). The molecule has 0 radical (unpaired) electrons. The number of hydrogen-bond donors (Lipinski definition) is 1. The molecule has 0 bridgehead atoms. The van der Waals surface area contributed by atoms with Gasteiger partial charge in [0.15, 0.2) is 11.3 Å². The molecule has 4 nitrogen and oxygen atoms in total. The first kappa shape index (κ1) is 14.4. The predicted molar refractivity (Wildman–Crippen MR) is 84.6 cm³/mol. The molecule has 22 heavy (non-hydrogen) atoms. The van der Waals surface area contributed by atoms with Gasteiger partial charge < -0.3 is 9.52 Å². The average Bonchev–Trinajstić information content (AvgIpc) is 2.48. The topological polar surface area (TPSA) is 67.5 Å². The predicted octanol–water partition coefficient (Wildman–Crippen LogP) is 4.12. The number of halogens is 1. The van der Waals surface area contributed by atoms with Crippen molar-refractivity contribution in [1.29, 1.82) is 0 Å². The van der Waals surface area contributed by atoms with Crippen molar-refractivity contribution in [1.82, 2.24) is 0 Å². The number of carboxylic acids is 1. The molecular weight excluding hydrogens is 304 g/mol. The largest absolute Gasteiger partial charge is 0.477 e. The summed E-state index contributed by atoms with van der Waals surface area (Å²) in [6.07, 6.45) is 0. The Morgan fingerprint density at radius 3 is 2.45 bits per heavy atom. The molecule has 110 valence electrons. The van der Waals surface area contributed by atoms with Crippen LogP contribution in [0.2, 0.25) is 5.02 Å². The van der Waals surface area contributed by atoms with Crippen LogP contribution in [-0.2, 0) is 0 Å². The van der Waals surface area contributed by atoms with Gasteiger partial charge in [0.05, 0.1) is 5.39 Å². The zero-order valence-electron chi connectivity index (χ0n) is 11.6. The maximum absolute atomic E-state index is 12.5. The molecule has 1 N–H and O–H groups in total. The van der Waals surface area contributed by atoms with Crippen LogP contribution < -0.4 is 5.43 Å². The number of carboxylic acid groups (broad SMARTS) is 1. The van der Waals surface area contributed by atoms with E-state index in [1.165, 1.54) is 0 Å². The molecule has 0 saturated carbocycles. The van der Waals surface area contributed by atoms with E-state index in [4.69, 9.17) is 16.0 Å². The molecule has 3 aromatic rings. The number of aryl methyl sites for hydroxylation is 1. The van der Waals surface area contributed by atoms with Crippen LogP contribution in [0.15, 0.2) is 51.7 Å². The lowest BCUT2D eigenvalue weighted by molar-refractivity contribution is 0.0694. The van der Waals surface area contributed by atoms with Gasteiger partial charge in [-0.25, -0.2) is 4.79 Å². The molecule has 2 aromatic carbocycles. The van der Waals surface area contributed by atoms with E-state index in [2.05, 4.69) is 0 Å². The number of hydrogen-bond acceptors (Lipinski definition) is 3. The van der Waals surface area contributed by atoms with Crippen molar-refractivity contribution >= 4 is 28.5 Å². The van der Waals surface area contributed by atoms with Gasteiger partial charge in [-0.05, 0) is 42.8 Å². The summed E-state index contributed by atoms with van der Waals surface area (Å²) in [5.74, 6) is -1.28. The third-order valence-corrected chi connectivity index (χ3v) is 3.69. The van der Waals surface area contributed by atoms with E-state index in [0.717, 1.165) is 5.56 Å². The number of fused-ring (bicyclic) bond motifs is 1. The number of benzene rings is 2. The Kier molecular flexibility index (Phi) is 3.47. The second-order valence-electron chi connectivity index (χ2n) is 4.90. The lowest BCUT2D eigenvalue weighted by Crippen LogP contribution is -2.16. The maximum atomic E-state index is 12.5. The van der Waals surface area contributed by atoms with Gasteiger partial charge in [0.1, 0.15) is 5.58 Å². The fourth-order valence-electron chi connectivity index (χ4n) is 2.36. The lowest BCUT2D eigenvalue weighted by Gasteiger charge is -2.09. The van der Waals surface area contributed by atoms with Crippen molar-refractivity contribution in [2.75, 3.05) is 0 Å². The Bertz CT molecular complexity index is 939. The van der Waals surface area contributed by atoms with E-state index in [0.29, 0.717) is 16.2 Å². The SMILES string of the molecule is Cc1cccc2c(=O)c(C(=O)O)c(-c3ccc(Cl)cc3)oc12. The van der Waals surface area contributed by atoms with E-state index in [-0.39, 0.29) is 16.7 Å². The minimum atomic E-state index is -1.32. The molecule has 0 spiro atoms. The molecule has 0 saturated heterocycles. The van der Waals surface area contributed by atoms with Crippen molar-refractivity contribution < 1.29 is 14.3 Å². The van der Waals surface area contributed by atoms with Crippen molar-refractivity contribution in [3.05, 3.63) is 68.8 Å². The molecule has 0 fully saturated rings. The molecule has 0 unspecified atom stereocenters. The van der Waals surface area contributed by atoms with Crippen molar-refractivity contribution in [3.63, 3.8) is 0 Å². The molecule has 0 atom stereocenters. The highest BCUT2D eigenvalue weighted by Gasteiger charge is 2.22. The third-order valence-electron chi connectivity index (χ3n) is 3.44. The maximum Gasteiger partial charge on any atom is 0.343 e. The van der Waals surface area contributed by atoms with Gasteiger partial charge in [-0.1, -0.05) is 23.7 Å². The number of carbonyl (C=O) groups is 1. The van der Waals surface area contributed by atoms with Gasteiger partial charge in [0.2, 0.25) is 5.43 Å². The first-order chi connectivity index (χ1) is 10.5. The van der Waals surface area contributed by atoms with E-state index in [9.17, 15) is 14.7 Å². The molecule has 0 amide bonds. The fraction of sp³-hybridized carbons (Fsp3) is 0.0588. The Balaban J connectivity index is 2.44. The molecule has 5 heteroatoms. The zero-order valence-corrected chi connectivity index (χ0v) is 12.3. The van der Waals surface area contributed by atoms with E-state index in [1.54, 1.807) is 49.4 Å². The quantitative estimate of drug-likeness (QED) is 0.772. The summed E-state index contributed by atoms with van der Waals surface area (Å²) in [5.41, 5.74) is 0.719.